The van der Waals surface area contributed by atoms with Crippen molar-refractivity contribution in [1.82, 2.24) is 5.32 Å². The molecule has 0 spiro atoms. The van der Waals surface area contributed by atoms with Crippen LogP contribution in [0.25, 0.3) is 6.08 Å². The van der Waals surface area contributed by atoms with Crippen LogP contribution in [0, 0.1) is 3.57 Å². The fourth-order valence-electron chi connectivity index (χ4n) is 3.77. The van der Waals surface area contributed by atoms with Gasteiger partial charge in [-0.1, -0.05) is 41.9 Å². The van der Waals surface area contributed by atoms with Gasteiger partial charge in [-0.05, 0) is 89.7 Å². The van der Waals surface area contributed by atoms with E-state index in [0.717, 1.165) is 10.5 Å². The molecule has 1 saturated heterocycles. The molecule has 4 amide bonds. The first-order valence-corrected chi connectivity index (χ1v) is 13.8. The van der Waals surface area contributed by atoms with Gasteiger partial charge in [0.1, 0.15) is 24.5 Å². The molecule has 0 atom stereocenters. The fourth-order valence-corrected chi connectivity index (χ4v) is 5.01. The van der Waals surface area contributed by atoms with Crippen LogP contribution >= 0.6 is 45.8 Å². The molecule has 0 unspecified atom stereocenters. The van der Waals surface area contributed by atoms with Crippen LogP contribution in [-0.4, -0.2) is 31.1 Å². The number of benzene rings is 3. The minimum Gasteiger partial charge on any atom is -0.490 e. The van der Waals surface area contributed by atoms with Crippen molar-refractivity contribution < 1.29 is 28.6 Å². The highest BCUT2D eigenvalue weighted by Crippen LogP contribution is 2.35. The van der Waals surface area contributed by atoms with Crippen molar-refractivity contribution in [3.05, 3.63) is 97.6 Å². The molecule has 40 heavy (non-hydrogen) atoms. The molecule has 3 aromatic carbocycles. The van der Waals surface area contributed by atoms with E-state index in [1.807, 2.05) is 6.92 Å². The molecule has 8 nitrogen and oxygen atoms in total. The molecule has 1 aliphatic rings. The summed E-state index contributed by atoms with van der Waals surface area (Å²) in [5.74, 6) is -0.0962. The number of carbonyl (C=O) groups is 3. The maximum atomic E-state index is 13.4. The summed E-state index contributed by atoms with van der Waals surface area (Å²) in [5, 5.41) is 3.23. The zero-order chi connectivity index (χ0) is 28.8. The van der Waals surface area contributed by atoms with Gasteiger partial charge in [0.25, 0.3) is 11.8 Å². The first-order valence-electron chi connectivity index (χ1n) is 12.0. The number of urea groups is 1. The maximum absolute atomic E-state index is 13.4. The van der Waals surface area contributed by atoms with Gasteiger partial charge in [-0.3, -0.25) is 14.9 Å². The third kappa shape index (κ3) is 6.78. The molecule has 11 heteroatoms. The molecule has 1 aliphatic heterocycles. The third-order valence-electron chi connectivity index (χ3n) is 5.59. The normalized spacial score (nSPS) is 14.2. The summed E-state index contributed by atoms with van der Waals surface area (Å²) in [5.41, 5.74) is 1.32. The molecular formula is C29H23Cl2IN2O6. The van der Waals surface area contributed by atoms with E-state index in [9.17, 15) is 14.4 Å². The first-order chi connectivity index (χ1) is 19.2. The van der Waals surface area contributed by atoms with Gasteiger partial charge in [0, 0.05) is 15.6 Å². The lowest BCUT2D eigenvalue weighted by Gasteiger charge is -2.26. The average molecular weight is 693 g/mol. The quantitative estimate of drug-likeness (QED) is 0.109. The Kier molecular flexibility index (Phi) is 9.72. The van der Waals surface area contributed by atoms with Crippen molar-refractivity contribution in [1.29, 1.82) is 0 Å². The molecule has 3 aromatic rings. The Morgan fingerprint density at radius 1 is 1.00 bits per heavy atom. The number of carbonyl (C=O) groups excluding carboxylic acids is 3. The number of anilines is 1. The summed E-state index contributed by atoms with van der Waals surface area (Å²) in [4.78, 5) is 39.6. The van der Waals surface area contributed by atoms with Crippen molar-refractivity contribution in [2.45, 2.75) is 13.5 Å². The molecule has 1 heterocycles. The van der Waals surface area contributed by atoms with Gasteiger partial charge in [-0.2, -0.15) is 0 Å². The summed E-state index contributed by atoms with van der Waals surface area (Å²) >= 11 is 14.2. The van der Waals surface area contributed by atoms with Crippen LogP contribution in [-0.2, 0) is 16.2 Å². The molecule has 4 rings (SSSR count). The molecule has 1 fully saturated rings. The van der Waals surface area contributed by atoms with Crippen LogP contribution in [0.3, 0.4) is 0 Å². The van der Waals surface area contributed by atoms with Gasteiger partial charge in [-0.15, -0.1) is 0 Å². The first kappa shape index (κ1) is 29.4. The van der Waals surface area contributed by atoms with E-state index in [1.165, 1.54) is 6.08 Å². The van der Waals surface area contributed by atoms with Gasteiger partial charge >= 0.3 is 6.03 Å². The third-order valence-corrected chi connectivity index (χ3v) is 6.98. The fraction of sp³-hybridized carbons (Fsp3) is 0.138. The van der Waals surface area contributed by atoms with E-state index in [0.29, 0.717) is 43.0 Å². The van der Waals surface area contributed by atoms with E-state index in [4.69, 9.17) is 37.4 Å². The van der Waals surface area contributed by atoms with Crippen molar-refractivity contribution >= 4 is 75.4 Å². The van der Waals surface area contributed by atoms with E-state index < -0.39 is 17.8 Å². The highest BCUT2D eigenvalue weighted by atomic mass is 127. The van der Waals surface area contributed by atoms with E-state index in [2.05, 4.69) is 34.5 Å². The molecule has 1 N–H and O–H groups in total. The average Bonchev–Trinajstić information content (AvgIpc) is 2.91. The molecule has 0 aliphatic carbocycles. The number of ether oxygens (including phenoxy) is 3. The second-order valence-electron chi connectivity index (χ2n) is 8.34. The van der Waals surface area contributed by atoms with Gasteiger partial charge < -0.3 is 14.2 Å². The summed E-state index contributed by atoms with van der Waals surface area (Å²) in [6, 6.07) is 14.0. The largest absolute Gasteiger partial charge is 0.490 e. The Labute approximate surface area is 254 Å². The number of rotatable bonds is 10. The Bertz CT molecular complexity index is 1510. The zero-order valence-corrected chi connectivity index (χ0v) is 24.9. The van der Waals surface area contributed by atoms with Crippen LogP contribution in [0.2, 0.25) is 10.0 Å². The molecule has 0 bridgehead atoms. The van der Waals surface area contributed by atoms with E-state index in [1.54, 1.807) is 60.7 Å². The van der Waals surface area contributed by atoms with Crippen LogP contribution in [0.1, 0.15) is 18.1 Å². The monoisotopic (exact) mass is 692 g/mol. The molecule has 0 aromatic heterocycles. The Balaban J connectivity index is 1.56. The minimum absolute atomic E-state index is 0.194. The Hall–Kier alpha value is -3.54. The van der Waals surface area contributed by atoms with Crippen molar-refractivity contribution in [3.8, 4) is 17.2 Å². The van der Waals surface area contributed by atoms with Crippen molar-refractivity contribution in [2.24, 2.45) is 0 Å². The van der Waals surface area contributed by atoms with Crippen LogP contribution in [0.5, 0.6) is 17.2 Å². The molecular weight excluding hydrogens is 670 g/mol. The number of nitrogens with one attached hydrogen (secondary N) is 1. The van der Waals surface area contributed by atoms with Crippen molar-refractivity contribution in [3.63, 3.8) is 0 Å². The van der Waals surface area contributed by atoms with Gasteiger partial charge in [-0.25, -0.2) is 9.69 Å². The lowest BCUT2D eigenvalue weighted by molar-refractivity contribution is -0.122. The van der Waals surface area contributed by atoms with E-state index >= 15 is 0 Å². The molecule has 0 radical (unpaired) electrons. The van der Waals surface area contributed by atoms with Crippen LogP contribution in [0.4, 0.5) is 10.5 Å². The van der Waals surface area contributed by atoms with Crippen LogP contribution < -0.4 is 24.4 Å². The summed E-state index contributed by atoms with van der Waals surface area (Å²) in [7, 11) is 0. The maximum Gasteiger partial charge on any atom is 0.335 e. The lowest BCUT2D eigenvalue weighted by atomic mass is 10.1. The van der Waals surface area contributed by atoms with Gasteiger partial charge in [0.2, 0.25) is 0 Å². The smallest absolute Gasteiger partial charge is 0.335 e. The highest BCUT2D eigenvalue weighted by Gasteiger charge is 2.37. The summed E-state index contributed by atoms with van der Waals surface area (Å²) in [6.45, 7) is 6.35. The van der Waals surface area contributed by atoms with Crippen molar-refractivity contribution in [2.75, 3.05) is 18.1 Å². The summed E-state index contributed by atoms with van der Waals surface area (Å²) < 4.78 is 17.9. The Morgan fingerprint density at radius 2 is 1.75 bits per heavy atom. The number of barbiturate groups is 1. The standard InChI is InChI=1S/C29H23Cl2IN2O6/c1-3-11-39-26-24(32)13-17(14-25(26)38-4-2)12-22-27(35)33-29(37)34(28(22)36)20-7-9-21(10-8-20)40-16-18-5-6-19(30)15-23(18)31/h3,5-10,12-15H,1,4,11,16H2,2H3,(H,33,35,37)/b22-12+. The minimum atomic E-state index is -0.855. The number of hydrogen-bond acceptors (Lipinski definition) is 6. The number of halogens is 3. The lowest BCUT2D eigenvalue weighted by Crippen LogP contribution is -2.54. The Morgan fingerprint density at radius 3 is 2.42 bits per heavy atom. The second kappa shape index (κ2) is 13.2. The second-order valence-corrected chi connectivity index (χ2v) is 10.3. The number of amides is 4. The molecule has 206 valence electrons. The van der Waals surface area contributed by atoms with Gasteiger partial charge in [0.05, 0.1) is 15.9 Å². The molecule has 0 saturated carbocycles. The zero-order valence-electron chi connectivity index (χ0n) is 21.2. The van der Waals surface area contributed by atoms with Gasteiger partial charge in [0.15, 0.2) is 11.5 Å². The highest BCUT2D eigenvalue weighted by molar-refractivity contribution is 14.1. The van der Waals surface area contributed by atoms with Crippen LogP contribution in [0.15, 0.2) is 72.8 Å². The SMILES string of the molecule is C=CCOc1c(I)cc(/C=C2\C(=O)NC(=O)N(c3ccc(OCc4ccc(Cl)cc4Cl)cc3)C2=O)cc1OCC. The predicted molar refractivity (Wildman–Crippen MR) is 162 cm³/mol. The summed E-state index contributed by atoms with van der Waals surface area (Å²) in [6.07, 6.45) is 3.03. The number of imide groups is 2. The number of nitrogens with zero attached hydrogens (tertiary/aromatic N) is 1. The van der Waals surface area contributed by atoms with E-state index in [-0.39, 0.29) is 24.5 Å². The topological polar surface area (TPSA) is 94.2 Å². The predicted octanol–water partition coefficient (Wildman–Crippen LogP) is 6.81. The number of hydrogen-bond donors (Lipinski definition) is 1.